The highest BCUT2D eigenvalue weighted by atomic mass is 19.2. The summed E-state index contributed by atoms with van der Waals surface area (Å²) in [7, 11) is 0. The Labute approximate surface area is 105 Å². The summed E-state index contributed by atoms with van der Waals surface area (Å²) >= 11 is 0. The lowest BCUT2D eigenvalue weighted by atomic mass is 9.80. The molecule has 1 aromatic rings. The fraction of sp³-hybridized carbons (Fsp3) is 0.571. The molecule has 0 radical (unpaired) electrons. The minimum atomic E-state index is -1.41. The Morgan fingerprint density at radius 1 is 1.06 bits per heavy atom. The molecule has 0 aromatic heterocycles. The summed E-state index contributed by atoms with van der Waals surface area (Å²) in [5.74, 6) is -2.69. The van der Waals surface area contributed by atoms with Gasteiger partial charge in [-0.25, -0.2) is 13.2 Å². The highest BCUT2D eigenvalue weighted by Gasteiger charge is 2.26. The molecular formula is C14H18F3N. The smallest absolute Gasteiger partial charge is 0.196 e. The van der Waals surface area contributed by atoms with Crippen molar-refractivity contribution >= 4 is 5.69 Å². The minimum absolute atomic E-state index is 0.0554. The maximum Gasteiger partial charge on any atom is 0.196 e. The lowest BCUT2D eigenvalue weighted by Crippen LogP contribution is -2.33. The molecule has 0 amide bonds. The van der Waals surface area contributed by atoms with E-state index in [2.05, 4.69) is 19.2 Å². The fourth-order valence-corrected chi connectivity index (χ4v) is 2.57. The molecule has 1 aromatic carbocycles. The van der Waals surface area contributed by atoms with E-state index in [4.69, 9.17) is 0 Å². The van der Waals surface area contributed by atoms with E-state index in [1.807, 2.05) is 0 Å². The maximum atomic E-state index is 13.6. The molecule has 100 valence electrons. The summed E-state index contributed by atoms with van der Waals surface area (Å²) in [4.78, 5) is 0. The zero-order chi connectivity index (χ0) is 13.3. The summed E-state index contributed by atoms with van der Waals surface area (Å²) in [5, 5.41) is 3.02. The second-order valence-corrected chi connectivity index (χ2v) is 5.37. The predicted molar refractivity (Wildman–Crippen MR) is 65.9 cm³/mol. The topological polar surface area (TPSA) is 12.0 Å². The van der Waals surface area contributed by atoms with E-state index >= 15 is 0 Å². The SMILES string of the molecule is CC1CCC(C)C(Nc2ccc(F)c(F)c2F)C1. The average molecular weight is 257 g/mol. The Morgan fingerprint density at radius 2 is 1.78 bits per heavy atom. The van der Waals surface area contributed by atoms with Crippen LogP contribution in [0.25, 0.3) is 0 Å². The Kier molecular flexibility index (Phi) is 3.83. The summed E-state index contributed by atoms with van der Waals surface area (Å²) in [6, 6.07) is 2.34. The van der Waals surface area contributed by atoms with E-state index in [0.29, 0.717) is 11.8 Å². The maximum absolute atomic E-state index is 13.6. The zero-order valence-electron chi connectivity index (χ0n) is 10.6. The first-order valence-electron chi connectivity index (χ1n) is 6.39. The second kappa shape index (κ2) is 5.21. The third-order valence-corrected chi connectivity index (χ3v) is 3.83. The molecule has 1 nitrogen and oxygen atoms in total. The molecule has 3 unspecified atom stereocenters. The van der Waals surface area contributed by atoms with Crippen LogP contribution < -0.4 is 5.32 Å². The van der Waals surface area contributed by atoms with Gasteiger partial charge in [0.05, 0.1) is 5.69 Å². The first-order chi connectivity index (χ1) is 8.49. The van der Waals surface area contributed by atoms with Gasteiger partial charge in [0.1, 0.15) is 0 Å². The molecule has 0 heterocycles. The van der Waals surface area contributed by atoms with Crippen LogP contribution in [-0.4, -0.2) is 6.04 Å². The highest BCUT2D eigenvalue weighted by Crippen LogP contribution is 2.31. The van der Waals surface area contributed by atoms with Crippen molar-refractivity contribution in [1.29, 1.82) is 0 Å². The van der Waals surface area contributed by atoms with Crippen LogP contribution in [0.1, 0.15) is 33.1 Å². The first kappa shape index (κ1) is 13.2. The molecule has 2 rings (SSSR count). The molecule has 1 aliphatic carbocycles. The van der Waals surface area contributed by atoms with Crippen LogP contribution in [0.4, 0.5) is 18.9 Å². The third-order valence-electron chi connectivity index (χ3n) is 3.83. The Hall–Kier alpha value is -1.19. The van der Waals surface area contributed by atoms with Crippen LogP contribution in [-0.2, 0) is 0 Å². The molecule has 0 spiro atoms. The molecule has 18 heavy (non-hydrogen) atoms. The van der Waals surface area contributed by atoms with Gasteiger partial charge in [0, 0.05) is 6.04 Å². The zero-order valence-corrected chi connectivity index (χ0v) is 10.6. The normalized spacial score (nSPS) is 28.2. The summed E-state index contributed by atoms with van der Waals surface area (Å²) < 4.78 is 39.5. The number of anilines is 1. The summed E-state index contributed by atoms with van der Waals surface area (Å²) in [6.45, 7) is 4.25. The van der Waals surface area contributed by atoms with Crippen LogP contribution in [0.15, 0.2) is 12.1 Å². The molecule has 0 saturated heterocycles. The minimum Gasteiger partial charge on any atom is -0.380 e. The fourth-order valence-electron chi connectivity index (χ4n) is 2.57. The van der Waals surface area contributed by atoms with Crippen LogP contribution in [0.3, 0.4) is 0 Å². The van der Waals surface area contributed by atoms with Crippen LogP contribution in [0, 0.1) is 29.3 Å². The Balaban J connectivity index is 2.16. The number of hydrogen-bond donors (Lipinski definition) is 1. The van der Waals surface area contributed by atoms with Gasteiger partial charge in [-0.1, -0.05) is 20.3 Å². The van der Waals surface area contributed by atoms with Crippen molar-refractivity contribution in [2.45, 2.75) is 39.2 Å². The average Bonchev–Trinajstić information content (AvgIpc) is 2.34. The Bertz CT molecular complexity index is 433. The van der Waals surface area contributed by atoms with Gasteiger partial charge in [0.2, 0.25) is 0 Å². The molecule has 0 bridgehead atoms. The van der Waals surface area contributed by atoms with E-state index in [-0.39, 0.29) is 11.7 Å². The number of rotatable bonds is 2. The number of benzene rings is 1. The molecule has 1 saturated carbocycles. The van der Waals surface area contributed by atoms with Crippen molar-refractivity contribution < 1.29 is 13.2 Å². The van der Waals surface area contributed by atoms with Gasteiger partial charge < -0.3 is 5.32 Å². The Morgan fingerprint density at radius 3 is 2.50 bits per heavy atom. The molecule has 1 fully saturated rings. The van der Waals surface area contributed by atoms with E-state index in [0.717, 1.165) is 18.9 Å². The molecule has 1 N–H and O–H groups in total. The number of halogens is 3. The van der Waals surface area contributed by atoms with Gasteiger partial charge in [-0.2, -0.15) is 0 Å². The summed E-state index contributed by atoms with van der Waals surface area (Å²) in [6.07, 6.45) is 3.17. The van der Waals surface area contributed by atoms with Gasteiger partial charge in [-0.05, 0) is 36.8 Å². The molecule has 3 atom stereocenters. The van der Waals surface area contributed by atoms with Gasteiger partial charge in [-0.3, -0.25) is 0 Å². The quantitative estimate of drug-likeness (QED) is 0.777. The van der Waals surface area contributed by atoms with Crippen molar-refractivity contribution in [3.8, 4) is 0 Å². The molecule has 1 aliphatic rings. The largest absolute Gasteiger partial charge is 0.380 e. The standard InChI is InChI=1S/C14H18F3N/c1-8-3-4-9(2)12(7-8)18-11-6-5-10(15)13(16)14(11)17/h5-6,8-9,12,18H,3-4,7H2,1-2H3. The van der Waals surface area contributed by atoms with Crippen molar-refractivity contribution in [2.24, 2.45) is 11.8 Å². The molecule has 0 aliphatic heterocycles. The molecular weight excluding hydrogens is 239 g/mol. The van der Waals surface area contributed by atoms with E-state index in [9.17, 15) is 13.2 Å². The first-order valence-corrected chi connectivity index (χ1v) is 6.39. The highest BCUT2D eigenvalue weighted by molar-refractivity contribution is 5.46. The van der Waals surface area contributed by atoms with Gasteiger partial charge in [0.15, 0.2) is 17.5 Å². The molecule has 4 heteroatoms. The van der Waals surface area contributed by atoms with Crippen molar-refractivity contribution in [2.75, 3.05) is 5.32 Å². The predicted octanol–water partition coefficient (Wildman–Crippen LogP) is 4.34. The number of nitrogens with one attached hydrogen (secondary N) is 1. The van der Waals surface area contributed by atoms with Crippen molar-refractivity contribution in [1.82, 2.24) is 0 Å². The van der Waals surface area contributed by atoms with E-state index in [1.165, 1.54) is 12.5 Å². The van der Waals surface area contributed by atoms with Crippen LogP contribution in [0.2, 0.25) is 0 Å². The lowest BCUT2D eigenvalue weighted by Gasteiger charge is -2.34. The second-order valence-electron chi connectivity index (χ2n) is 5.37. The van der Waals surface area contributed by atoms with Crippen LogP contribution >= 0.6 is 0 Å². The van der Waals surface area contributed by atoms with Gasteiger partial charge >= 0.3 is 0 Å². The monoisotopic (exact) mass is 257 g/mol. The van der Waals surface area contributed by atoms with E-state index in [1.54, 1.807) is 0 Å². The van der Waals surface area contributed by atoms with Crippen molar-refractivity contribution in [3.63, 3.8) is 0 Å². The van der Waals surface area contributed by atoms with Crippen molar-refractivity contribution in [3.05, 3.63) is 29.6 Å². The van der Waals surface area contributed by atoms with Gasteiger partial charge in [-0.15, -0.1) is 0 Å². The van der Waals surface area contributed by atoms with Gasteiger partial charge in [0.25, 0.3) is 0 Å². The third kappa shape index (κ3) is 2.62. The summed E-state index contributed by atoms with van der Waals surface area (Å²) in [5.41, 5.74) is 0.0554. The number of hydrogen-bond acceptors (Lipinski definition) is 1. The van der Waals surface area contributed by atoms with Crippen LogP contribution in [0.5, 0.6) is 0 Å². The lowest BCUT2D eigenvalue weighted by molar-refractivity contribution is 0.280. The van der Waals surface area contributed by atoms with E-state index < -0.39 is 17.5 Å².